The number of rotatable bonds is 9. The minimum absolute atomic E-state index is 0.0434. The highest BCUT2D eigenvalue weighted by molar-refractivity contribution is 6.01. The molecular formula is C27H30O11. The summed E-state index contributed by atoms with van der Waals surface area (Å²) in [7, 11) is 0. The summed E-state index contributed by atoms with van der Waals surface area (Å²) in [6.07, 6.45) is -6.83. The highest BCUT2D eigenvalue weighted by atomic mass is 16.7. The first-order valence-corrected chi connectivity index (χ1v) is 12.2. The molecule has 2 heterocycles. The molecule has 4 rings (SSSR count). The fraction of sp³-hybridized carbons (Fsp3) is 0.407. The van der Waals surface area contributed by atoms with Gasteiger partial charge in [0.15, 0.2) is 5.78 Å². The van der Waals surface area contributed by atoms with Crippen LogP contribution in [0.3, 0.4) is 0 Å². The maximum atomic E-state index is 13.2. The molecule has 2 aromatic carbocycles. The number of furan rings is 1. The van der Waals surface area contributed by atoms with Gasteiger partial charge in [0.05, 0.1) is 12.9 Å². The monoisotopic (exact) mass is 530 g/mol. The standard InChI is InChI=1S/C27H30O11/c1-3-34-27(33)36-13-21-23(30)24(31)25(32)26(38-21)37-20-11-14(2)10-18(29)22(20)17(28)6-4-15-5-7-19-16(12-15)8-9-35-19/h5,7-12,21,23-26,29-32H,3-4,6,13H2,1-2H3/t21-,23-,24+,25-,26-/m1/s1. The normalized spacial score (nSPS) is 23.2. The van der Waals surface area contributed by atoms with Gasteiger partial charge in [-0.15, -0.1) is 0 Å². The number of aliphatic hydroxyl groups excluding tert-OH is 3. The molecule has 0 unspecified atom stereocenters. The van der Waals surface area contributed by atoms with E-state index in [1.807, 2.05) is 24.3 Å². The molecule has 1 aromatic heterocycles. The fourth-order valence-electron chi connectivity index (χ4n) is 4.25. The summed E-state index contributed by atoms with van der Waals surface area (Å²) in [5.41, 5.74) is 2.08. The molecule has 1 fully saturated rings. The first-order valence-electron chi connectivity index (χ1n) is 12.2. The van der Waals surface area contributed by atoms with Gasteiger partial charge in [0.2, 0.25) is 6.29 Å². The van der Waals surface area contributed by atoms with Gasteiger partial charge in [-0.05, 0) is 61.7 Å². The molecule has 1 aliphatic rings. The second-order valence-corrected chi connectivity index (χ2v) is 9.00. The molecule has 0 aliphatic carbocycles. The van der Waals surface area contributed by atoms with Crippen molar-refractivity contribution in [3.63, 3.8) is 0 Å². The molecule has 0 spiro atoms. The number of carbonyl (C=O) groups excluding carboxylic acids is 2. The third kappa shape index (κ3) is 6.08. The molecule has 4 N–H and O–H groups in total. The van der Waals surface area contributed by atoms with Gasteiger partial charge < -0.3 is 43.8 Å². The Morgan fingerprint density at radius 1 is 1.00 bits per heavy atom. The number of benzene rings is 2. The first kappa shape index (κ1) is 27.4. The van der Waals surface area contributed by atoms with Crippen molar-refractivity contribution in [2.24, 2.45) is 0 Å². The SMILES string of the molecule is CCOC(=O)OC[C@H]1O[C@@H](Oc2cc(C)cc(O)c2C(=O)CCc2ccc3occc3c2)[C@H](O)[C@@H](O)[C@@H]1O. The lowest BCUT2D eigenvalue weighted by molar-refractivity contribution is -0.277. The second-order valence-electron chi connectivity index (χ2n) is 9.00. The molecular weight excluding hydrogens is 500 g/mol. The molecule has 3 aromatic rings. The lowest BCUT2D eigenvalue weighted by atomic mass is 9.98. The van der Waals surface area contributed by atoms with Crippen LogP contribution in [-0.4, -0.2) is 76.3 Å². The smallest absolute Gasteiger partial charge is 0.507 e. The quantitative estimate of drug-likeness (QED) is 0.237. The summed E-state index contributed by atoms with van der Waals surface area (Å²) in [4.78, 5) is 24.7. The zero-order chi connectivity index (χ0) is 27.4. The number of carbonyl (C=O) groups is 2. The average Bonchev–Trinajstić information content (AvgIpc) is 3.35. The Bertz CT molecular complexity index is 1280. The zero-order valence-electron chi connectivity index (χ0n) is 20.9. The van der Waals surface area contributed by atoms with Crippen molar-refractivity contribution in [2.45, 2.75) is 57.4 Å². The minimum atomic E-state index is -1.71. The summed E-state index contributed by atoms with van der Waals surface area (Å²) in [5, 5.41) is 42.6. The Hall–Kier alpha value is -3.64. The number of ketones is 1. The average molecular weight is 531 g/mol. The van der Waals surface area contributed by atoms with E-state index >= 15 is 0 Å². The highest BCUT2D eigenvalue weighted by Crippen LogP contribution is 2.34. The Labute approximate surface area is 218 Å². The van der Waals surface area contributed by atoms with Crippen LogP contribution in [0.4, 0.5) is 4.79 Å². The minimum Gasteiger partial charge on any atom is -0.507 e. The van der Waals surface area contributed by atoms with Crippen LogP contribution < -0.4 is 4.74 Å². The molecule has 1 aliphatic heterocycles. The Morgan fingerprint density at radius 2 is 1.79 bits per heavy atom. The van der Waals surface area contributed by atoms with Crippen LogP contribution in [0.15, 0.2) is 47.1 Å². The number of fused-ring (bicyclic) bond motifs is 1. The number of phenolic OH excluding ortho intramolecular Hbond substituents is 1. The number of aromatic hydroxyl groups is 1. The molecule has 0 saturated carbocycles. The molecule has 11 heteroatoms. The van der Waals surface area contributed by atoms with Crippen LogP contribution in [0.25, 0.3) is 11.0 Å². The van der Waals surface area contributed by atoms with Gasteiger partial charge in [-0.25, -0.2) is 4.79 Å². The predicted molar refractivity (Wildman–Crippen MR) is 132 cm³/mol. The van der Waals surface area contributed by atoms with E-state index in [4.69, 9.17) is 18.6 Å². The van der Waals surface area contributed by atoms with Crippen LogP contribution in [0, 0.1) is 6.92 Å². The van der Waals surface area contributed by atoms with Gasteiger partial charge in [0.25, 0.3) is 0 Å². The third-order valence-electron chi connectivity index (χ3n) is 6.20. The topological polar surface area (TPSA) is 165 Å². The van der Waals surface area contributed by atoms with Gasteiger partial charge >= 0.3 is 6.16 Å². The van der Waals surface area contributed by atoms with Crippen molar-refractivity contribution in [1.82, 2.24) is 0 Å². The van der Waals surface area contributed by atoms with Gasteiger partial charge in [0.1, 0.15) is 53.7 Å². The van der Waals surface area contributed by atoms with E-state index in [1.54, 1.807) is 20.1 Å². The fourth-order valence-corrected chi connectivity index (χ4v) is 4.25. The molecule has 204 valence electrons. The van der Waals surface area contributed by atoms with Crippen LogP contribution in [0.1, 0.15) is 34.8 Å². The number of Topliss-reactive ketones (excluding diaryl/α,β-unsaturated/α-hetero) is 1. The largest absolute Gasteiger partial charge is 0.508 e. The summed E-state index contributed by atoms with van der Waals surface area (Å²) in [6.45, 7) is 2.85. The molecule has 1 saturated heterocycles. The van der Waals surface area contributed by atoms with E-state index in [2.05, 4.69) is 4.74 Å². The Morgan fingerprint density at radius 3 is 2.55 bits per heavy atom. The maximum absolute atomic E-state index is 13.2. The van der Waals surface area contributed by atoms with Gasteiger partial charge in [-0.2, -0.15) is 0 Å². The van der Waals surface area contributed by atoms with E-state index in [1.165, 1.54) is 12.1 Å². The highest BCUT2D eigenvalue weighted by Gasteiger charge is 2.46. The molecule has 0 amide bonds. The van der Waals surface area contributed by atoms with Crippen molar-refractivity contribution >= 4 is 22.9 Å². The lowest BCUT2D eigenvalue weighted by Gasteiger charge is -2.40. The third-order valence-corrected chi connectivity index (χ3v) is 6.20. The molecule has 38 heavy (non-hydrogen) atoms. The van der Waals surface area contributed by atoms with Crippen molar-refractivity contribution in [3.05, 3.63) is 59.4 Å². The number of ether oxygens (including phenoxy) is 4. The van der Waals surface area contributed by atoms with Crippen molar-refractivity contribution < 1.29 is 53.4 Å². The van der Waals surface area contributed by atoms with E-state index < -0.39 is 49.3 Å². The van der Waals surface area contributed by atoms with Crippen LogP contribution in [-0.2, 0) is 20.6 Å². The van der Waals surface area contributed by atoms with E-state index in [0.29, 0.717) is 12.0 Å². The zero-order valence-corrected chi connectivity index (χ0v) is 20.9. The summed E-state index contributed by atoms with van der Waals surface area (Å²) >= 11 is 0. The van der Waals surface area contributed by atoms with Gasteiger partial charge in [-0.3, -0.25) is 4.79 Å². The van der Waals surface area contributed by atoms with Crippen molar-refractivity contribution in [1.29, 1.82) is 0 Å². The van der Waals surface area contributed by atoms with Crippen LogP contribution in [0.5, 0.6) is 11.5 Å². The van der Waals surface area contributed by atoms with Gasteiger partial charge in [-0.1, -0.05) is 6.07 Å². The number of aryl methyl sites for hydroxylation is 2. The first-order chi connectivity index (χ1) is 18.2. The summed E-state index contributed by atoms with van der Waals surface area (Å²) < 4.78 is 26.2. The number of phenols is 1. The summed E-state index contributed by atoms with van der Waals surface area (Å²) in [5.74, 6) is -0.809. The Kier molecular flexibility index (Phi) is 8.52. The van der Waals surface area contributed by atoms with E-state index in [0.717, 1.165) is 16.5 Å². The summed E-state index contributed by atoms with van der Waals surface area (Å²) in [6, 6.07) is 10.3. The van der Waals surface area contributed by atoms with Gasteiger partial charge in [0, 0.05) is 11.8 Å². The lowest BCUT2D eigenvalue weighted by Crippen LogP contribution is -2.60. The van der Waals surface area contributed by atoms with Crippen LogP contribution >= 0.6 is 0 Å². The molecule has 0 radical (unpaired) electrons. The van der Waals surface area contributed by atoms with Crippen molar-refractivity contribution in [3.8, 4) is 11.5 Å². The Balaban J connectivity index is 1.50. The molecule has 11 nitrogen and oxygen atoms in total. The molecule has 5 atom stereocenters. The van der Waals surface area contributed by atoms with Crippen LogP contribution in [0.2, 0.25) is 0 Å². The number of aliphatic hydroxyl groups is 3. The molecule has 0 bridgehead atoms. The van der Waals surface area contributed by atoms with E-state index in [-0.39, 0.29) is 30.1 Å². The predicted octanol–water partition coefficient (Wildman–Crippen LogP) is 2.62. The number of hydrogen-bond acceptors (Lipinski definition) is 11. The maximum Gasteiger partial charge on any atom is 0.508 e. The second kappa shape index (κ2) is 11.8. The number of hydrogen-bond donors (Lipinski definition) is 4. The van der Waals surface area contributed by atoms with E-state index in [9.17, 15) is 30.0 Å². The van der Waals surface area contributed by atoms with Crippen molar-refractivity contribution in [2.75, 3.05) is 13.2 Å².